The number of nitrogens with zero attached hydrogens (tertiary/aromatic N) is 2. The first kappa shape index (κ1) is 22.9. The van der Waals surface area contributed by atoms with E-state index in [0.717, 1.165) is 29.0 Å². The summed E-state index contributed by atoms with van der Waals surface area (Å²) >= 11 is 0. The molecule has 0 unspecified atom stereocenters. The molecule has 1 aromatic carbocycles. The summed E-state index contributed by atoms with van der Waals surface area (Å²) in [6.07, 6.45) is -4.57. The zero-order valence-electron chi connectivity index (χ0n) is 16.4. The number of halogens is 5. The van der Waals surface area contributed by atoms with Gasteiger partial charge in [-0.15, -0.1) is 0 Å². The third-order valence-electron chi connectivity index (χ3n) is 5.23. The minimum absolute atomic E-state index is 0.0451. The molecule has 0 spiro atoms. The number of aryl methyl sites for hydroxylation is 1. The highest BCUT2D eigenvalue weighted by molar-refractivity contribution is 6.43. The molecular formula is C20H15F5N4O3. The predicted molar refractivity (Wildman–Crippen MR) is 99.5 cm³/mol. The van der Waals surface area contributed by atoms with Gasteiger partial charge in [0.2, 0.25) is 0 Å². The van der Waals surface area contributed by atoms with E-state index in [2.05, 4.69) is 5.32 Å². The zero-order chi connectivity index (χ0) is 23.8. The van der Waals surface area contributed by atoms with Crippen LogP contribution in [0.25, 0.3) is 0 Å². The molecular weight excluding hydrogens is 439 g/mol. The Morgan fingerprint density at radius 3 is 2.38 bits per heavy atom. The molecule has 0 bridgehead atoms. The maximum atomic E-state index is 14.8. The second-order valence-electron chi connectivity index (χ2n) is 7.29. The lowest BCUT2D eigenvalue weighted by Gasteiger charge is -2.43. The molecule has 1 aromatic heterocycles. The fraction of sp³-hybridized carbons (Fsp3) is 0.300. The molecule has 0 radical (unpaired) electrons. The van der Waals surface area contributed by atoms with Crippen LogP contribution in [0.1, 0.15) is 45.7 Å². The molecule has 1 aliphatic rings. The van der Waals surface area contributed by atoms with Crippen molar-refractivity contribution in [1.82, 2.24) is 9.88 Å². The number of hydrogen-bond donors (Lipinski definition) is 2. The number of carbonyl (C=O) groups is 3. The highest BCUT2D eigenvalue weighted by Gasteiger charge is 2.59. The van der Waals surface area contributed by atoms with Crippen molar-refractivity contribution in [1.29, 1.82) is 5.26 Å². The number of nitrogens with one attached hydrogen (secondary N) is 2. The molecule has 168 valence electrons. The Bertz CT molecular complexity index is 1160. The minimum atomic E-state index is -4.78. The predicted octanol–water partition coefficient (Wildman–Crippen LogP) is 3.21. The number of alkyl halides is 3. The molecule has 1 aliphatic carbocycles. The highest BCUT2D eigenvalue weighted by Crippen LogP contribution is 2.45. The van der Waals surface area contributed by atoms with Crippen LogP contribution in [0.3, 0.4) is 0 Å². The molecule has 2 aromatic rings. The Morgan fingerprint density at radius 1 is 1.19 bits per heavy atom. The Morgan fingerprint density at radius 2 is 1.84 bits per heavy atom. The Kier molecular flexibility index (Phi) is 5.78. The quantitative estimate of drug-likeness (QED) is 0.411. The van der Waals surface area contributed by atoms with Gasteiger partial charge in [0.15, 0.2) is 5.82 Å². The first-order chi connectivity index (χ1) is 14.9. The van der Waals surface area contributed by atoms with Crippen molar-refractivity contribution < 1.29 is 36.3 Å². The van der Waals surface area contributed by atoms with E-state index in [1.54, 1.807) is 11.4 Å². The van der Waals surface area contributed by atoms with Gasteiger partial charge in [-0.3, -0.25) is 14.4 Å². The van der Waals surface area contributed by atoms with E-state index in [4.69, 9.17) is 5.26 Å². The van der Waals surface area contributed by atoms with Crippen LogP contribution < -0.4 is 10.6 Å². The molecule has 3 rings (SSSR count). The number of amides is 2. The van der Waals surface area contributed by atoms with Crippen molar-refractivity contribution >= 4 is 23.3 Å². The third-order valence-corrected chi connectivity index (χ3v) is 5.23. The van der Waals surface area contributed by atoms with Gasteiger partial charge in [-0.05, 0) is 37.5 Å². The van der Waals surface area contributed by atoms with Crippen LogP contribution in [-0.4, -0.2) is 33.9 Å². The maximum Gasteiger partial charge on any atom is 0.411 e. The lowest BCUT2D eigenvalue weighted by molar-refractivity contribution is -0.218. The number of anilines is 1. The largest absolute Gasteiger partial charge is 0.411 e. The second-order valence-corrected chi connectivity index (χ2v) is 7.29. The summed E-state index contributed by atoms with van der Waals surface area (Å²) in [4.78, 5) is 36.9. The van der Waals surface area contributed by atoms with Crippen molar-refractivity contribution in [3.8, 4) is 6.07 Å². The summed E-state index contributed by atoms with van der Waals surface area (Å²) in [5, 5.41) is 12.7. The van der Waals surface area contributed by atoms with E-state index >= 15 is 0 Å². The van der Waals surface area contributed by atoms with Crippen molar-refractivity contribution in [2.45, 2.75) is 31.0 Å². The van der Waals surface area contributed by atoms with Gasteiger partial charge in [-0.2, -0.15) is 18.4 Å². The number of carbonyl (C=O) groups excluding carboxylic acids is 3. The SMILES string of the molecule is Cn1cc(C(=O)C(=O)NC2(C(F)(F)F)CCC2)c(F)c1C(=O)Nc1ccc(F)c(C#N)c1. The number of hydrogen-bond acceptors (Lipinski definition) is 4. The van der Waals surface area contributed by atoms with Crippen LogP contribution >= 0.6 is 0 Å². The van der Waals surface area contributed by atoms with Gasteiger partial charge >= 0.3 is 6.18 Å². The van der Waals surface area contributed by atoms with Crippen molar-refractivity contribution in [2.24, 2.45) is 7.05 Å². The lowest BCUT2D eigenvalue weighted by Crippen LogP contribution is -2.64. The van der Waals surface area contributed by atoms with Crippen LogP contribution in [0.5, 0.6) is 0 Å². The average molecular weight is 454 g/mol. The normalized spacial score (nSPS) is 14.8. The average Bonchev–Trinajstić information content (AvgIpc) is 2.98. The highest BCUT2D eigenvalue weighted by atomic mass is 19.4. The van der Waals surface area contributed by atoms with Gasteiger partial charge < -0.3 is 15.2 Å². The molecule has 0 saturated heterocycles. The lowest BCUT2D eigenvalue weighted by atomic mass is 9.76. The van der Waals surface area contributed by atoms with E-state index in [1.807, 2.05) is 0 Å². The Balaban J connectivity index is 1.82. The summed E-state index contributed by atoms with van der Waals surface area (Å²) in [7, 11) is 1.18. The van der Waals surface area contributed by atoms with Crippen LogP contribution in [-0.2, 0) is 11.8 Å². The van der Waals surface area contributed by atoms with Crippen LogP contribution in [0.4, 0.5) is 27.6 Å². The van der Waals surface area contributed by atoms with Crippen LogP contribution in [0, 0.1) is 23.0 Å². The number of ketones is 1. The van der Waals surface area contributed by atoms with Gasteiger partial charge in [0.05, 0.1) is 11.1 Å². The molecule has 0 atom stereocenters. The van der Waals surface area contributed by atoms with Crippen molar-refractivity contribution in [3.05, 3.63) is 52.9 Å². The van der Waals surface area contributed by atoms with Crippen molar-refractivity contribution in [2.75, 3.05) is 5.32 Å². The monoisotopic (exact) mass is 454 g/mol. The summed E-state index contributed by atoms with van der Waals surface area (Å²) < 4.78 is 68.8. The number of aromatic nitrogens is 1. The molecule has 7 nitrogen and oxygen atoms in total. The summed E-state index contributed by atoms with van der Waals surface area (Å²) in [5.74, 6) is -6.55. The standard InChI is InChI=1S/C20H15F5N4O3/c1-29-9-12(16(30)18(32)28-19(5-2-6-19)20(23,24)25)14(22)15(29)17(31)27-11-3-4-13(21)10(7-11)8-26/h3-4,7,9H,2,5-6H2,1H3,(H,27,31)(H,28,32). The van der Waals surface area contributed by atoms with Gasteiger partial charge in [0.1, 0.15) is 23.1 Å². The van der Waals surface area contributed by atoms with Crippen LogP contribution in [0.15, 0.2) is 24.4 Å². The smallest absolute Gasteiger partial charge is 0.343 e. The van der Waals surface area contributed by atoms with E-state index in [1.165, 1.54) is 7.05 Å². The summed E-state index contributed by atoms with van der Waals surface area (Å²) in [6, 6.07) is 4.59. The molecule has 1 heterocycles. The molecule has 1 fully saturated rings. The van der Waals surface area contributed by atoms with Gasteiger partial charge in [-0.1, -0.05) is 0 Å². The maximum absolute atomic E-state index is 14.8. The van der Waals surface area contributed by atoms with E-state index in [9.17, 15) is 36.3 Å². The van der Waals surface area contributed by atoms with Gasteiger partial charge in [0, 0.05) is 18.9 Å². The summed E-state index contributed by atoms with van der Waals surface area (Å²) in [6.45, 7) is 0. The van der Waals surface area contributed by atoms with Gasteiger partial charge in [0.25, 0.3) is 17.6 Å². The third kappa shape index (κ3) is 3.93. The molecule has 12 heteroatoms. The molecule has 32 heavy (non-hydrogen) atoms. The molecule has 2 N–H and O–H groups in total. The van der Waals surface area contributed by atoms with E-state index in [-0.39, 0.29) is 17.7 Å². The number of nitriles is 1. The Labute approximate surface area is 177 Å². The number of benzene rings is 1. The number of Topliss-reactive ketones (excluding diaryl/α,β-unsaturated/α-hetero) is 1. The van der Waals surface area contributed by atoms with Gasteiger partial charge in [-0.25, -0.2) is 8.78 Å². The van der Waals surface area contributed by atoms with Crippen LogP contribution in [0.2, 0.25) is 0 Å². The number of rotatable bonds is 5. The second kappa shape index (κ2) is 8.07. The topological polar surface area (TPSA) is 104 Å². The molecule has 0 aliphatic heterocycles. The molecule has 1 saturated carbocycles. The first-order valence-corrected chi connectivity index (χ1v) is 9.19. The van der Waals surface area contributed by atoms with Crippen molar-refractivity contribution in [3.63, 3.8) is 0 Å². The molecule has 2 amide bonds. The minimum Gasteiger partial charge on any atom is -0.343 e. The summed E-state index contributed by atoms with van der Waals surface area (Å²) in [5.41, 5.74) is -4.54. The Hall–Kier alpha value is -3.75. The zero-order valence-corrected chi connectivity index (χ0v) is 16.4. The fourth-order valence-electron chi connectivity index (χ4n) is 3.30. The fourth-order valence-corrected chi connectivity index (χ4v) is 3.30. The first-order valence-electron chi connectivity index (χ1n) is 9.19. The van der Waals surface area contributed by atoms with E-state index in [0.29, 0.717) is 0 Å². The van der Waals surface area contributed by atoms with E-state index < -0.39 is 65.0 Å².